The van der Waals surface area contributed by atoms with Gasteiger partial charge in [-0.05, 0) is 35.0 Å². The predicted molar refractivity (Wildman–Crippen MR) is 45.8 cm³/mol. The second-order valence-electron chi connectivity index (χ2n) is 2.63. The van der Waals surface area contributed by atoms with E-state index in [1.807, 2.05) is 39.9 Å². The highest BCUT2D eigenvalue weighted by molar-refractivity contribution is 5.98. The molecule has 0 amide bonds. The van der Waals surface area contributed by atoms with Gasteiger partial charge in [0.25, 0.3) is 0 Å². The Morgan fingerprint density at radius 2 is 1.33 bits per heavy atom. The zero-order chi connectivity index (χ0) is 7.86. The molecule has 0 fully saturated rings. The molecule has 0 rings (SSSR count). The Labute approximate surface area is 61.7 Å². The fraction of sp³-hybridized carbons (Fsp3) is 1.00. The number of nitrogens with zero attached hydrogens (tertiary/aromatic N) is 1. The Kier molecular flexibility index (Phi) is 10.7. The lowest BCUT2D eigenvalue weighted by Crippen LogP contribution is -1.99. The largest absolute Gasteiger partial charge is 0.426 e. The third kappa shape index (κ3) is 67.1. The van der Waals surface area contributed by atoms with Crippen molar-refractivity contribution in [1.29, 1.82) is 0 Å². The van der Waals surface area contributed by atoms with Gasteiger partial charge >= 0.3 is 0 Å². The van der Waals surface area contributed by atoms with Crippen LogP contribution in [-0.4, -0.2) is 42.6 Å². The van der Waals surface area contributed by atoms with Gasteiger partial charge in [-0.3, -0.25) is 0 Å². The van der Waals surface area contributed by atoms with Gasteiger partial charge in [-0.15, -0.1) is 0 Å². The van der Waals surface area contributed by atoms with Gasteiger partial charge < -0.3 is 9.33 Å². The lowest BCUT2D eigenvalue weighted by molar-refractivity contribution is 0.267. The summed E-state index contributed by atoms with van der Waals surface area (Å²) in [5.74, 6) is 0. The summed E-state index contributed by atoms with van der Waals surface area (Å²) in [4.78, 5) is 2.00. The molecule has 0 saturated carbocycles. The molecule has 9 heavy (non-hydrogen) atoms. The van der Waals surface area contributed by atoms with Gasteiger partial charge in [0.2, 0.25) is 0 Å². The van der Waals surface area contributed by atoms with E-state index in [0.29, 0.717) is 6.10 Å². The van der Waals surface area contributed by atoms with Crippen LogP contribution in [0.25, 0.3) is 0 Å². The highest BCUT2D eigenvalue weighted by Crippen LogP contribution is 1.76. The maximum Gasteiger partial charge on any atom is 0.146 e. The molecule has 0 aromatic rings. The second-order valence-corrected chi connectivity index (χ2v) is 3.10. The first kappa shape index (κ1) is 11.9. The average molecular weight is 149 g/mol. The van der Waals surface area contributed by atoms with E-state index in [0.717, 1.165) is 10.5 Å². The first-order valence-corrected chi connectivity index (χ1v) is 3.96. The molecule has 0 aliphatic rings. The normalized spacial score (nSPS) is 9.67. The molecule has 0 aliphatic heterocycles. The monoisotopic (exact) mass is 149 g/mol. The number of hydrogen-bond donors (Lipinski definition) is 0. The summed E-state index contributed by atoms with van der Waals surface area (Å²) in [5.41, 5.74) is 0. The van der Waals surface area contributed by atoms with E-state index in [1.54, 1.807) is 0 Å². The maximum atomic E-state index is 4.89. The van der Waals surface area contributed by atoms with Gasteiger partial charge in [-0.25, -0.2) is 0 Å². The van der Waals surface area contributed by atoms with Crippen LogP contribution in [0.15, 0.2) is 0 Å². The smallest absolute Gasteiger partial charge is 0.146 e. The van der Waals surface area contributed by atoms with E-state index in [4.69, 9.17) is 4.43 Å². The Hall–Kier alpha value is 0.137. The van der Waals surface area contributed by atoms with Crippen molar-refractivity contribution >= 4 is 10.5 Å². The SMILES string of the molecule is CC(C)O[SiH3].CN(C)C. The molecule has 0 atom stereocenters. The van der Waals surface area contributed by atoms with Crippen LogP contribution in [-0.2, 0) is 4.43 Å². The summed E-state index contributed by atoms with van der Waals surface area (Å²) in [7, 11) is 6.87. The lowest BCUT2D eigenvalue weighted by atomic mass is 10.5. The van der Waals surface area contributed by atoms with Gasteiger partial charge in [-0.1, -0.05) is 0 Å². The lowest BCUT2D eigenvalue weighted by Gasteiger charge is -1.95. The van der Waals surface area contributed by atoms with Crippen molar-refractivity contribution in [2.75, 3.05) is 21.1 Å². The summed E-state index contributed by atoms with van der Waals surface area (Å²) >= 11 is 0. The van der Waals surface area contributed by atoms with Crippen molar-refractivity contribution in [2.24, 2.45) is 0 Å². The highest BCUT2D eigenvalue weighted by atomic mass is 28.2. The molecule has 58 valence electrons. The predicted octanol–water partition coefficient (Wildman–Crippen LogP) is -0.130. The molecule has 0 bridgehead atoms. The van der Waals surface area contributed by atoms with Crippen LogP contribution in [0.5, 0.6) is 0 Å². The van der Waals surface area contributed by atoms with Crippen LogP contribution >= 0.6 is 0 Å². The van der Waals surface area contributed by atoms with Gasteiger partial charge in [0.05, 0.1) is 0 Å². The summed E-state index contributed by atoms with van der Waals surface area (Å²) in [6.45, 7) is 4.07. The topological polar surface area (TPSA) is 12.5 Å². The van der Waals surface area contributed by atoms with Gasteiger partial charge in [0.15, 0.2) is 0 Å². The Morgan fingerprint density at radius 1 is 1.22 bits per heavy atom. The molecule has 3 heteroatoms. The molecule has 0 N–H and O–H groups in total. The van der Waals surface area contributed by atoms with Crippen LogP contribution in [0.2, 0.25) is 0 Å². The minimum atomic E-state index is 0.446. The Bertz CT molecular complexity index is 45.6. The van der Waals surface area contributed by atoms with Crippen molar-refractivity contribution in [1.82, 2.24) is 4.90 Å². The van der Waals surface area contributed by atoms with Crippen molar-refractivity contribution in [2.45, 2.75) is 20.0 Å². The molecular weight excluding hydrogens is 130 g/mol. The van der Waals surface area contributed by atoms with E-state index in [9.17, 15) is 0 Å². The summed E-state index contributed by atoms with van der Waals surface area (Å²) in [5, 5.41) is 0. The second kappa shape index (κ2) is 8.14. The van der Waals surface area contributed by atoms with Crippen molar-refractivity contribution in [3.63, 3.8) is 0 Å². The molecule has 0 heterocycles. The maximum absolute atomic E-state index is 4.89. The summed E-state index contributed by atoms with van der Waals surface area (Å²) < 4.78 is 4.89. The van der Waals surface area contributed by atoms with E-state index >= 15 is 0 Å². The number of hydrogen-bond acceptors (Lipinski definition) is 2. The van der Waals surface area contributed by atoms with E-state index in [-0.39, 0.29) is 0 Å². The average Bonchev–Trinajstić information content (AvgIpc) is 1.65. The number of rotatable bonds is 1. The third-order valence-corrected chi connectivity index (χ3v) is 1.41. The van der Waals surface area contributed by atoms with Gasteiger partial charge in [0.1, 0.15) is 10.5 Å². The Morgan fingerprint density at radius 3 is 1.33 bits per heavy atom. The fourth-order valence-electron chi connectivity index (χ4n) is 0. The molecule has 0 spiro atoms. The molecule has 0 saturated heterocycles. The van der Waals surface area contributed by atoms with Crippen molar-refractivity contribution in [3.8, 4) is 0 Å². The van der Waals surface area contributed by atoms with Crippen LogP contribution in [0, 0.1) is 0 Å². The highest BCUT2D eigenvalue weighted by Gasteiger charge is 1.77. The van der Waals surface area contributed by atoms with E-state index < -0.39 is 0 Å². The molecule has 0 aromatic carbocycles. The third-order valence-electron chi connectivity index (χ3n) is 0.471. The first-order valence-electron chi connectivity index (χ1n) is 3.14. The zero-order valence-corrected chi connectivity index (χ0v) is 9.43. The molecule has 0 aliphatic carbocycles. The van der Waals surface area contributed by atoms with E-state index in [2.05, 4.69) is 0 Å². The summed E-state index contributed by atoms with van der Waals surface area (Å²) in [6, 6.07) is 0. The van der Waals surface area contributed by atoms with Gasteiger partial charge in [-0.2, -0.15) is 0 Å². The van der Waals surface area contributed by atoms with Crippen molar-refractivity contribution in [3.05, 3.63) is 0 Å². The quantitative estimate of drug-likeness (QED) is 0.482. The fourth-order valence-corrected chi connectivity index (χ4v) is 0. The molecule has 0 unspecified atom stereocenters. The molecular formula is C6H19NOSi. The first-order chi connectivity index (χ1) is 4.00. The standard InChI is InChI=1S/C3H9N.C3H10OSi/c1-4(2)3;1-3(2)4-5/h1-3H3;3H,1-2,5H3. The summed E-state index contributed by atoms with van der Waals surface area (Å²) in [6.07, 6.45) is 0.446. The minimum absolute atomic E-state index is 0.446. The van der Waals surface area contributed by atoms with Crippen LogP contribution in [0.1, 0.15) is 13.8 Å². The minimum Gasteiger partial charge on any atom is -0.426 e. The van der Waals surface area contributed by atoms with Gasteiger partial charge in [0, 0.05) is 6.10 Å². The van der Waals surface area contributed by atoms with Crippen LogP contribution in [0.3, 0.4) is 0 Å². The molecule has 0 aromatic heterocycles. The van der Waals surface area contributed by atoms with Crippen LogP contribution in [0.4, 0.5) is 0 Å². The Balaban J connectivity index is 0. The van der Waals surface area contributed by atoms with E-state index in [1.165, 1.54) is 0 Å². The van der Waals surface area contributed by atoms with Crippen molar-refractivity contribution < 1.29 is 4.43 Å². The molecule has 2 nitrogen and oxygen atoms in total. The van der Waals surface area contributed by atoms with Crippen LogP contribution < -0.4 is 0 Å². The zero-order valence-electron chi connectivity index (χ0n) is 7.43. The molecule has 0 radical (unpaired) electrons.